The Kier molecular flexibility index (Phi) is 9.18. The zero-order valence-corrected chi connectivity index (χ0v) is 20.2. The number of rotatable bonds is 9. The highest BCUT2D eigenvalue weighted by Crippen LogP contribution is 2.18. The zero-order valence-electron chi connectivity index (χ0n) is 18.6. The molecule has 0 fully saturated rings. The molecule has 0 spiro atoms. The predicted molar refractivity (Wildman–Crippen MR) is 125 cm³/mol. The van der Waals surface area contributed by atoms with Crippen LogP contribution < -0.4 is 10.1 Å². The van der Waals surface area contributed by atoms with Gasteiger partial charge in [0.25, 0.3) is 0 Å². The van der Waals surface area contributed by atoms with Gasteiger partial charge in [-0.2, -0.15) is 0 Å². The van der Waals surface area contributed by atoms with Crippen molar-refractivity contribution in [3.8, 4) is 5.75 Å². The van der Waals surface area contributed by atoms with E-state index in [1.807, 2.05) is 64.2 Å². The summed E-state index contributed by atoms with van der Waals surface area (Å²) in [6, 6.07) is 16.4. The molecule has 1 amide bonds. The van der Waals surface area contributed by atoms with Crippen molar-refractivity contribution < 1.29 is 14.3 Å². The van der Waals surface area contributed by atoms with Gasteiger partial charge in [0.1, 0.15) is 11.4 Å². The van der Waals surface area contributed by atoms with Gasteiger partial charge in [0.15, 0.2) is 0 Å². The Morgan fingerprint density at radius 3 is 2.47 bits per heavy atom. The first kappa shape index (κ1) is 24.2. The van der Waals surface area contributed by atoms with Gasteiger partial charge >= 0.3 is 6.09 Å². The monoisotopic (exact) mass is 476 g/mol. The molecule has 2 aromatic rings. The molecule has 1 atom stereocenters. The molecule has 1 N–H and O–H groups in total. The number of halogens is 1. The van der Waals surface area contributed by atoms with Gasteiger partial charge in [-0.15, -0.1) is 0 Å². The average Bonchev–Trinajstić information content (AvgIpc) is 2.68. The third kappa shape index (κ3) is 8.36. The van der Waals surface area contributed by atoms with Gasteiger partial charge < -0.3 is 19.7 Å². The van der Waals surface area contributed by atoms with E-state index in [2.05, 4.69) is 33.4 Å². The second-order valence-corrected chi connectivity index (χ2v) is 9.28. The van der Waals surface area contributed by atoms with E-state index in [9.17, 15) is 4.79 Å². The summed E-state index contributed by atoms with van der Waals surface area (Å²) in [6.07, 6.45) is 1.39. The number of amides is 1. The van der Waals surface area contributed by atoms with Gasteiger partial charge in [0.05, 0.1) is 7.11 Å². The number of ether oxygens (including phenoxy) is 2. The fourth-order valence-electron chi connectivity index (χ4n) is 3.16. The fourth-order valence-corrected chi connectivity index (χ4v) is 3.61. The number of hydrogen-bond acceptors (Lipinski definition) is 4. The van der Waals surface area contributed by atoms with E-state index in [0.717, 1.165) is 28.6 Å². The van der Waals surface area contributed by atoms with Crippen LogP contribution in [0.15, 0.2) is 53.0 Å². The molecule has 30 heavy (non-hydrogen) atoms. The number of hydrogen-bond donors (Lipinski definition) is 1. The van der Waals surface area contributed by atoms with Crippen molar-refractivity contribution in [2.45, 2.75) is 51.8 Å². The molecule has 0 aromatic heterocycles. The van der Waals surface area contributed by atoms with Crippen LogP contribution in [-0.2, 0) is 17.7 Å². The van der Waals surface area contributed by atoms with Gasteiger partial charge in [-0.3, -0.25) is 0 Å². The number of nitrogens with zero attached hydrogens (tertiary/aromatic N) is 1. The molecule has 2 aromatic carbocycles. The van der Waals surface area contributed by atoms with E-state index >= 15 is 0 Å². The highest BCUT2D eigenvalue weighted by atomic mass is 79.9. The second kappa shape index (κ2) is 11.4. The summed E-state index contributed by atoms with van der Waals surface area (Å²) >= 11 is 3.53. The van der Waals surface area contributed by atoms with Crippen molar-refractivity contribution in [1.29, 1.82) is 0 Å². The van der Waals surface area contributed by atoms with Gasteiger partial charge in [0.2, 0.25) is 0 Å². The molecule has 0 saturated heterocycles. The first-order valence-electron chi connectivity index (χ1n) is 10.2. The molecule has 5 nitrogen and oxygen atoms in total. The fraction of sp³-hybridized carbons (Fsp3) is 0.458. The Morgan fingerprint density at radius 2 is 1.83 bits per heavy atom. The lowest BCUT2D eigenvalue weighted by molar-refractivity contribution is 0.0227. The Morgan fingerprint density at radius 1 is 1.13 bits per heavy atom. The number of carbonyl (C=O) groups is 1. The predicted octanol–water partition coefficient (Wildman–Crippen LogP) is 5.42. The van der Waals surface area contributed by atoms with E-state index in [1.54, 1.807) is 12.0 Å². The number of likely N-dealkylation sites (N-methyl/N-ethyl adjacent to an activating group) is 1. The van der Waals surface area contributed by atoms with Gasteiger partial charge in [-0.1, -0.05) is 40.2 Å². The van der Waals surface area contributed by atoms with E-state index in [0.29, 0.717) is 13.1 Å². The lowest BCUT2D eigenvalue weighted by Gasteiger charge is -2.29. The summed E-state index contributed by atoms with van der Waals surface area (Å²) in [6.45, 7) is 6.72. The highest BCUT2D eigenvalue weighted by Gasteiger charge is 2.23. The second-order valence-electron chi connectivity index (χ2n) is 8.36. The summed E-state index contributed by atoms with van der Waals surface area (Å²) in [5, 5.41) is 3.38. The molecular formula is C24H33BrN2O3. The summed E-state index contributed by atoms with van der Waals surface area (Å²) in [5.41, 5.74) is 1.72. The standard InChI is InChI=1S/C24H33BrN2O3/c1-24(2,3)30-23(28)27(17-19-9-7-11-22(16-19)29-5)13-12-21(26-4)15-18-8-6-10-20(25)14-18/h6-11,14,16,21,26H,12-13,15,17H2,1-5H3/t21-/m1/s1. The van der Waals surface area contributed by atoms with Crippen LogP contribution in [0.1, 0.15) is 38.3 Å². The Hall–Kier alpha value is -2.05. The summed E-state index contributed by atoms with van der Waals surface area (Å²) in [4.78, 5) is 14.6. The molecule has 6 heteroatoms. The maximum absolute atomic E-state index is 12.9. The third-order valence-corrected chi connectivity index (χ3v) is 5.18. The molecule has 0 heterocycles. The molecule has 0 aliphatic rings. The van der Waals surface area contributed by atoms with E-state index in [4.69, 9.17) is 9.47 Å². The van der Waals surface area contributed by atoms with Gasteiger partial charge in [-0.25, -0.2) is 4.79 Å². The van der Waals surface area contributed by atoms with Crippen molar-refractivity contribution in [3.05, 3.63) is 64.1 Å². The maximum atomic E-state index is 12.9. The lowest BCUT2D eigenvalue weighted by atomic mass is 10.0. The topological polar surface area (TPSA) is 50.8 Å². The number of benzene rings is 2. The Bertz CT molecular complexity index is 820. The third-order valence-electron chi connectivity index (χ3n) is 4.69. The molecule has 164 valence electrons. The number of methoxy groups -OCH3 is 1. The minimum Gasteiger partial charge on any atom is -0.497 e. The summed E-state index contributed by atoms with van der Waals surface area (Å²) in [7, 11) is 3.60. The van der Waals surface area contributed by atoms with Crippen LogP contribution in [-0.4, -0.2) is 43.3 Å². The molecule has 0 aliphatic carbocycles. The van der Waals surface area contributed by atoms with Crippen LogP contribution in [0.2, 0.25) is 0 Å². The van der Waals surface area contributed by atoms with E-state index in [-0.39, 0.29) is 12.1 Å². The Labute approximate surface area is 188 Å². The molecule has 0 radical (unpaired) electrons. The maximum Gasteiger partial charge on any atom is 0.410 e. The van der Waals surface area contributed by atoms with Crippen molar-refractivity contribution >= 4 is 22.0 Å². The van der Waals surface area contributed by atoms with E-state index < -0.39 is 5.60 Å². The highest BCUT2D eigenvalue weighted by molar-refractivity contribution is 9.10. The van der Waals surface area contributed by atoms with Crippen molar-refractivity contribution in [3.63, 3.8) is 0 Å². The average molecular weight is 477 g/mol. The normalized spacial score (nSPS) is 12.3. The molecular weight excluding hydrogens is 444 g/mol. The van der Waals surface area contributed by atoms with Crippen LogP contribution in [0.4, 0.5) is 4.79 Å². The minimum atomic E-state index is -0.539. The summed E-state index contributed by atoms with van der Waals surface area (Å²) < 4.78 is 12.1. The van der Waals surface area contributed by atoms with Gasteiger partial charge in [-0.05, 0) is 76.1 Å². The zero-order chi connectivity index (χ0) is 22.1. The molecule has 2 rings (SSSR count). The molecule has 0 aliphatic heterocycles. The first-order valence-corrected chi connectivity index (χ1v) is 11.0. The van der Waals surface area contributed by atoms with Gasteiger partial charge in [0, 0.05) is 23.6 Å². The van der Waals surface area contributed by atoms with Crippen molar-refractivity contribution in [2.24, 2.45) is 0 Å². The van der Waals surface area contributed by atoms with Crippen LogP contribution in [0.25, 0.3) is 0 Å². The number of carbonyl (C=O) groups excluding carboxylic acids is 1. The van der Waals surface area contributed by atoms with Crippen molar-refractivity contribution in [2.75, 3.05) is 20.7 Å². The van der Waals surface area contributed by atoms with Crippen molar-refractivity contribution in [1.82, 2.24) is 10.2 Å². The van der Waals surface area contributed by atoms with Crippen LogP contribution >= 0.6 is 15.9 Å². The SMILES string of the molecule is CN[C@H](CCN(Cc1cccc(OC)c1)C(=O)OC(C)(C)C)Cc1cccc(Br)c1. The lowest BCUT2D eigenvalue weighted by Crippen LogP contribution is -2.39. The summed E-state index contributed by atoms with van der Waals surface area (Å²) in [5.74, 6) is 0.777. The smallest absolute Gasteiger partial charge is 0.410 e. The number of nitrogens with one attached hydrogen (secondary N) is 1. The molecule has 0 bridgehead atoms. The minimum absolute atomic E-state index is 0.245. The molecule has 0 saturated carbocycles. The van der Waals surface area contributed by atoms with Crippen LogP contribution in [0, 0.1) is 0 Å². The van der Waals surface area contributed by atoms with E-state index in [1.165, 1.54) is 5.56 Å². The quantitative estimate of drug-likeness (QED) is 0.525. The molecule has 0 unspecified atom stereocenters. The van der Waals surface area contributed by atoms with Crippen LogP contribution in [0.5, 0.6) is 5.75 Å². The largest absolute Gasteiger partial charge is 0.497 e. The first-order chi connectivity index (χ1) is 14.2. The Balaban J connectivity index is 2.09. The van der Waals surface area contributed by atoms with Crippen LogP contribution in [0.3, 0.4) is 0 Å².